The van der Waals surface area contributed by atoms with Crippen molar-refractivity contribution in [3.63, 3.8) is 0 Å². The maximum Gasteiger partial charge on any atom is 0.123 e. The van der Waals surface area contributed by atoms with E-state index in [1.165, 1.54) is 17.7 Å². The van der Waals surface area contributed by atoms with Gasteiger partial charge < -0.3 is 5.73 Å². The Morgan fingerprint density at radius 3 is 2.39 bits per heavy atom. The molecule has 1 atom stereocenters. The smallest absolute Gasteiger partial charge is 0.123 e. The van der Waals surface area contributed by atoms with E-state index in [1.807, 2.05) is 39.0 Å². The van der Waals surface area contributed by atoms with Crippen LogP contribution < -0.4 is 5.73 Å². The standard InChI is InChI=1S/C16H18FN/c1-11-5-4-6-13(9-11)16(3,18)15-8-7-14(17)10-12(15)2/h4-10H,18H2,1-3H3. The Kier molecular flexibility index (Phi) is 3.22. The van der Waals surface area contributed by atoms with E-state index in [1.54, 1.807) is 6.07 Å². The minimum absolute atomic E-state index is 0.226. The van der Waals surface area contributed by atoms with Crippen LogP contribution in [0.1, 0.15) is 29.2 Å². The highest BCUT2D eigenvalue weighted by atomic mass is 19.1. The van der Waals surface area contributed by atoms with E-state index in [2.05, 4.69) is 6.07 Å². The summed E-state index contributed by atoms with van der Waals surface area (Å²) in [4.78, 5) is 0. The van der Waals surface area contributed by atoms with Gasteiger partial charge in [-0.2, -0.15) is 0 Å². The summed E-state index contributed by atoms with van der Waals surface area (Å²) in [5, 5.41) is 0. The van der Waals surface area contributed by atoms with Gasteiger partial charge in [0.25, 0.3) is 0 Å². The summed E-state index contributed by atoms with van der Waals surface area (Å²) in [6, 6.07) is 12.9. The zero-order chi connectivity index (χ0) is 13.3. The van der Waals surface area contributed by atoms with Crippen molar-refractivity contribution in [2.24, 2.45) is 5.73 Å². The van der Waals surface area contributed by atoms with Crippen molar-refractivity contribution >= 4 is 0 Å². The average Bonchev–Trinajstić information content (AvgIpc) is 2.28. The van der Waals surface area contributed by atoms with Crippen molar-refractivity contribution in [3.8, 4) is 0 Å². The number of halogens is 1. The normalized spacial score (nSPS) is 14.3. The zero-order valence-electron chi connectivity index (χ0n) is 11.0. The largest absolute Gasteiger partial charge is 0.318 e. The highest BCUT2D eigenvalue weighted by Crippen LogP contribution is 2.29. The SMILES string of the molecule is Cc1cccc(C(C)(N)c2ccc(F)cc2C)c1. The van der Waals surface area contributed by atoms with Crippen LogP contribution in [0.2, 0.25) is 0 Å². The van der Waals surface area contributed by atoms with Crippen LogP contribution in [0.5, 0.6) is 0 Å². The second-order valence-electron chi connectivity index (χ2n) is 5.03. The van der Waals surface area contributed by atoms with Gasteiger partial charge in [0.2, 0.25) is 0 Å². The molecule has 0 radical (unpaired) electrons. The fraction of sp³-hybridized carbons (Fsp3) is 0.250. The van der Waals surface area contributed by atoms with Gasteiger partial charge in [-0.25, -0.2) is 4.39 Å². The minimum Gasteiger partial charge on any atom is -0.318 e. The van der Waals surface area contributed by atoms with Crippen LogP contribution in [-0.4, -0.2) is 0 Å². The maximum absolute atomic E-state index is 13.2. The maximum atomic E-state index is 13.2. The van der Waals surface area contributed by atoms with Gasteiger partial charge in [-0.15, -0.1) is 0 Å². The fourth-order valence-corrected chi connectivity index (χ4v) is 2.33. The van der Waals surface area contributed by atoms with Gasteiger partial charge >= 0.3 is 0 Å². The number of benzene rings is 2. The number of hydrogen-bond donors (Lipinski definition) is 1. The molecule has 0 fully saturated rings. The molecule has 18 heavy (non-hydrogen) atoms. The molecule has 0 aliphatic heterocycles. The van der Waals surface area contributed by atoms with Crippen LogP contribution in [0, 0.1) is 19.7 Å². The van der Waals surface area contributed by atoms with Crippen LogP contribution in [0.3, 0.4) is 0 Å². The van der Waals surface area contributed by atoms with Crippen molar-refractivity contribution in [1.82, 2.24) is 0 Å². The summed E-state index contributed by atoms with van der Waals surface area (Å²) in [6.07, 6.45) is 0. The molecule has 1 nitrogen and oxygen atoms in total. The molecular formula is C16H18FN. The van der Waals surface area contributed by atoms with E-state index in [4.69, 9.17) is 5.73 Å². The summed E-state index contributed by atoms with van der Waals surface area (Å²) in [5.74, 6) is -0.226. The third-order valence-corrected chi connectivity index (χ3v) is 3.37. The van der Waals surface area contributed by atoms with E-state index >= 15 is 0 Å². The van der Waals surface area contributed by atoms with Gasteiger partial charge in [0.1, 0.15) is 5.82 Å². The third kappa shape index (κ3) is 2.29. The summed E-state index contributed by atoms with van der Waals surface area (Å²) >= 11 is 0. The first-order valence-electron chi connectivity index (χ1n) is 6.04. The molecule has 0 aromatic heterocycles. The lowest BCUT2D eigenvalue weighted by atomic mass is 9.83. The molecular weight excluding hydrogens is 225 g/mol. The Labute approximate surface area is 107 Å². The molecule has 2 N–H and O–H groups in total. The van der Waals surface area contributed by atoms with E-state index < -0.39 is 5.54 Å². The molecule has 2 heteroatoms. The lowest BCUT2D eigenvalue weighted by Gasteiger charge is -2.28. The molecule has 2 aromatic carbocycles. The van der Waals surface area contributed by atoms with Crippen molar-refractivity contribution in [2.75, 3.05) is 0 Å². The molecule has 0 aliphatic carbocycles. The van der Waals surface area contributed by atoms with Crippen LogP contribution in [0.25, 0.3) is 0 Å². The summed E-state index contributed by atoms with van der Waals surface area (Å²) in [7, 11) is 0. The molecule has 0 saturated carbocycles. The number of hydrogen-bond acceptors (Lipinski definition) is 1. The van der Waals surface area contributed by atoms with E-state index in [-0.39, 0.29) is 5.82 Å². The van der Waals surface area contributed by atoms with Gasteiger partial charge in [-0.1, -0.05) is 35.9 Å². The van der Waals surface area contributed by atoms with Crippen molar-refractivity contribution in [3.05, 3.63) is 70.5 Å². The van der Waals surface area contributed by atoms with Crippen LogP contribution >= 0.6 is 0 Å². The monoisotopic (exact) mass is 243 g/mol. The first-order valence-corrected chi connectivity index (χ1v) is 6.04. The first-order chi connectivity index (χ1) is 8.41. The van der Waals surface area contributed by atoms with Crippen molar-refractivity contribution in [1.29, 1.82) is 0 Å². The first kappa shape index (κ1) is 12.8. The molecule has 0 spiro atoms. The Balaban J connectivity index is 2.53. The van der Waals surface area contributed by atoms with Gasteiger partial charge in [-0.3, -0.25) is 0 Å². The molecule has 0 saturated heterocycles. The molecule has 0 amide bonds. The molecule has 2 aromatic rings. The zero-order valence-corrected chi connectivity index (χ0v) is 11.0. The second-order valence-corrected chi connectivity index (χ2v) is 5.03. The number of rotatable bonds is 2. The molecule has 94 valence electrons. The van der Waals surface area contributed by atoms with Crippen LogP contribution in [0.15, 0.2) is 42.5 Å². The summed E-state index contributed by atoms with van der Waals surface area (Å²) < 4.78 is 13.2. The van der Waals surface area contributed by atoms with E-state index in [0.29, 0.717) is 0 Å². The molecule has 2 rings (SSSR count). The molecule has 0 aliphatic rings. The predicted molar refractivity (Wildman–Crippen MR) is 73.0 cm³/mol. The van der Waals surface area contributed by atoms with E-state index in [9.17, 15) is 4.39 Å². The predicted octanol–water partition coefficient (Wildman–Crippen LogP) is 3.66. The average molecular weight is 243 g/mol. The van der Waals surface area contributed by atoms with Crippen molar-refractivity contribution < 1.29 is 4.39 Å². The number of aryl methyl sites for hydroxylation is 2. The van der Waals surface area contributed by atoms with Crippen molar-refractivity contribution in [2.45, 2.75) is 26.3 Å². The Bertz CT molecular complexity index is 573. The lowest BCUT2D eigenvalue weighted by Crippen LogP contribution is -2.35. The van der Waals surface area contributed by atoms with Gasteiger partial charge in [0, 0.05) is 0 Å². The second kappa shape index (κ2) is 4.54. The van der Waals surface area contributed by atoms with E-state index in [0.717, 1.165) is 16.7 Å². The van der Waals surface area contributed by atoms with Gasteiger partial charge in [-0.05, 0) is 49.6 Å². The Hall–Kier alpha value is -1.67. The molecule has 0 heterocycles. The Morgan fingerprint density at radius 1 is 1.06 bits per heavy atom. The third-order valence-electron chi connectivity index (χ3n) is 3.37. The summed E-state index contributed by atoms with van der Waals surface area (Å²) in [5.41, 5.74) is 9.89. The molecule has 1 unspecified atom stereocenters. The minimum atomic E-state index is -0.607. The molecule has 0 bridgehead atoms. The van der Waals surface area contributed by atoms with Gasteiger partial charge in [0.05, 0.1) is 5.54 Å². The van der Waals surface area contributed by atoms with Crippen LogP contribution in [0.4, 0.5) is 4.39 Å². The highest BCUT2D eigenvalue weighted by Gasteiger charge is 2.25. The van der Waals surface area contributed by atoms with Crippen LogP contribution in [-0.2, 0) is 5.54 Å². The lowest BCUT2D eigenvalue weighted by molar-refractivity contribution is 0.588. The van der Waals surface area contributed by atoms with Gasteiger partial charge in [0.15, 0.2) is 0 Å². The number of nitrogens with two attached hydrogens (primary N) is 1. The quantitative estimate of drug-likeness (QED) is 0.855. The Morgan fingerprint density at radius 2 is 1.78 bits per heavy atom. The topological polar surface area (TPSA) is 26.0 Å². The highest BCUT2D eigenvalue weighted by molar-refractivity contribution is 5.42. The fourth-order valence-electron chi connectivity index (χ4n) is 2.33. The summed E-state index contributed by atoms with van der Waals surface area (Å²) in [6.45, 7) is 5.89.